The van der Waals surface area contributed by atoms with Crippen molar-refractivity contribution in [2.45, 2.75) is 0 Å². The maximum atomic E-state index is 13.1. The van der Waals surface area contributed by atoms with Gasteiger partial charge in [0.15, 0.2) is 5.17 Å². The molecule has 2 heterocycles. The van der Waals surface area contributed by atoms with Crippen molar-refractivity contribution in [2.24, 2.45) is 4.99 Å². The van der Waals surface area contributed by atoms with Crippen molar-refractivity contribution in [1.82, 2.24) is 4.98 Å². The van der Waals surface area contributed by atoms with Crippen molar-refractivity contribution in [3.8, 4) is 5.88 Å². The lowest BCUT2D eigenvalue weighted by molar-refractivity contribution is -0.113. The van der Waals surface area contributed by atoms with Gasteiger partial charge in [-0.1, -0.05) is 36.4 Å². The van der Waals surface area contributed by atoms with Crippen LogP contribution in [0.1, 0.15) is 5.56 Å². The summed E-state index contributed by atoms with van der Waals surface area (Å²) in [5, 5.41) is 0.620. The molecule has 0 N–H and O–H groups in total. The van der Waals surface area contributed by atoms with Crippen molar-refractivity contribution in [2.75, 3.05) is 12.0 Å². The first-order chi connectivity index (χ1) is 13.7. The van der Waals surface area contributed by atoms with Crippen LogP contribution in [0.15, 0.2) is 88.9 Å². The van der Waals surface area contributed by atoms with E-state index in [2.05, 4.69) is 4.98 Å². The summed E-state index contributed by atoms with van der Waals surface area (Å²) in [5.74, 6) is 0.423. The number of benzene rings is 2. The third-order valence-corrected chi connectivity index (χ3v) is 5.04. The molecule has 1 aromatic heterocycles. The van der Waals surface area contributed by atoms with Crippen LogP contribution in [0.2, 0.25) is 0 Å². The van der Waals surface area contributed by atoms with Crippen LogP contribution in [0.3, 0.4) is 0 Å². The van der Waals surface area contributed by atoms with Gasteiger partial charge in [0.05, 0.1) is 23.4 Å². The summed E-state index contributed by atoms with van der Waals surface area (Å²) < 4.78 is 5.09. The van der Waals surface area contributed by atoms with E-state index >= 15 is 0 Å². The number of thioether (sulfide) groups is 1. The van der Waals surface area contributed by atoms with Gasteiger partial charge in [0.1, 0.15) is 0 Å². The largest absolute Gasteiger partial charge is 0.481 e. The Morgan fingerprint density at radius 2 is 1.71 bits per heavy atom. The van der Waals surface area contributed by atoms with Crippen LogP contribution >= 0.6 is 11.8 Å². The number of carbonyl (C=O) groups excluding carboxylic acids is 1. The summed E-state index contributed by atoms with van der Waals surface area (Å²) in [5.41, 5.74) is 2.41. The molecule has 1 fully saturated rings. The number of aliphatic imine (C=N–C) groups is 1. The molecule has 0 spiro atoms. The number of aromatic nitrogens is 1. The van der Waals surface area contributed by atoms with E-state index in [0.717, 1.165) is 16.9 Å². The Labute approximate surface area is 167 Å². The van der Waals surface area contributed by atoms with Gasteiger partial charge in [-0.2, -0.15) is 0 Å². The van der Waals surface area contributed by atoms with Gasteiger partial charge in [0.2, 0.25) is 5.88 Å². The highest BCUT2D eigenvalue weighted by molar-refractivity contribution is 8.19. The van der Waals surface area contributed by atoms with E-state index < -0.39 is 0 Å². The topological polar surface area (TPSA) is 54.8 Å². The average Bonchev–Trinajstić information content (AvgIpc) is 3.04. The Bertz CT molecular complexity index is 1030. The zero-order chi connectivity index (χ0) is 19.3. The van der Waals surface area contributed by atoms with E-state index in [4.69, 9.17) is 9.73 Å². The number of anilines is 1. The van der Waals surface area contributed by atoms with Gasteiger partial charge in [-0.05, 0) is 53.7 Å². The molecule has 0 saturated carbocycles. The van der Waals surface area contributed by atoms with Crippen LogP contribution in [-0.2, 0) is 4.79 Å². The quantitative estimate of drug-likeness (QED) is 0.598. The molecule has 1 aliphatic heterocycles. The van der Waals surface area contributed by atoms with Crippen LogP contribution in [0.5, 0.6) is 5.88 Å². The van der Waals surface area contributed by atoms with Crippen LogP contribution in [0.25, 0.3) is 6.08 Å². The molecule has 0 aliphatic carbocycles. The van der Waals surface area contributed by atoms with Crippen LogP contribution < -0.4 is 9.64 Å². The lowest BCUT2D eigenvalue weighted by atomic mass is 10.2. The number of para-hydroxylation sites is 2. The molecule has 28 heavy (non-hydrogen) atoms. The summed E-state index contributed by atoms with van der Waals surface area (Å²) in [4.78, 5) is 24.3. The average molecular weight is 387 g/mol. The fraction of sp³-hybridized carbons (Fsp3) is 0.0455. The first kappa shape index (κ1) is 18.0. The predicted molar refractivity (Wildman–Crippen MR) is 114 cm³/mol. The van der Waals surface area contributed by atoms with Crippen molar-refractivity contribution in [1.29, 1.82) is 0 Å². The van der Waals surface area contributed by atoms with Gasteiger partial charge in [-0.15, -0.1) is 0 Å². The van der Waals surface area contributed by atoms with Crippen molar-refractivity contribution >= 4 is 40.3 Å². The number of carbonyl (C=O) groups is 1. The molecular formula is C22H17N3O2S. The zero-order valence-corrected chi connectivity index (χ0v) is 16.0. The Hall–Kier alpha value is -3.38. The molecule has 3 aromatic rings. The maximum Gasteiger partial charge on any atom is 0.271 e. The minimum Gasteiger partial charge on any atom is -0.481 e. The third kappa shape index (κ3) is 3.82. The number of rotatable bonds is 4. The third-order valence-electron chi connectivity index (χ3n) is 4.07. The number of ether oxygens (including phenoxy) is 1. The molecule has 2 aromatic carbocycles. The molecule has 138 valence electrons. The van der Waals surface area contributed by atoms with Crippen molar-refractivity contribution in [3.63, 3.8) is 0 Å². The Morgan fingerprint density at radius 3 is 2.36 bits per heavy atom. The van der Waals surface area contributed by atoms with E-state index in [0.29, 0.717) is 16.0 Å². The second-order valence-corrected chi connectivity index (χ2v) is 6.96. The van der Waals surface area contributed by atoms with E-state index in [1.165, 1.54) is 11.8 Å². The lowest BCUT2D eigenvalue weighted by Gasteiger charge is -2.15. The van der Waals surface area contributed by atoms with E-state index in [1.807, 2.05) is 72.8 Å². The van der Waals surface area contributed by atoms with Crippen LogP contribution in [0, 0.1) is 0 Å². The Kier molecular flexibility index (Phi) is 5.21. The standard InChI is InChI=1S/C22H17N3O2S/c1-27-20-13-12-16(15-23-20)14-19-21(26)25(18-10-6-3-7-11-18)22(28-19)24-17-8-4-2-5-9-17/h2-15H,1H3. The Morgan fingerprint density at radius 1 is 1.00 bits per heavy atom. The highest BCUT2D eigenvalue weighted by Crippen LogP contribution is 2.37. The second-order valence-electron chi connectivity index (χ2n) is 5.95. The Balaban J connectivity index is 1.73. The molecule has 1 saturated heterocycles. The minimum absolute atomic E-state index is 0.110. The molecule has 0 bridgehead atoms. The fourth-order valence-corrected chi connectivity index (χ4v) is 3.72. The van der Waals surface area contributed by atoms with Gasteiger partial charge in [0, 0.05) is 12.3 Å². The van der Waals surface area contributed by atoms with Gasteiger partial charge in [-0.3, -0.25) is 9.69 Å². The summed E-state index contributed by atoms with van der Waals surface area (Å²) in [7, 11) is 1.57. The minimum atomic E-state index is -0.110. The maximum absolute atomic E-state index is 13.1. The van der Waals surface area contributed by atoms with Gasteiger partial charge in [-0.25, -0.2) is 9.98 Å². The molecule has 0 atom stereocenters. The number of hydrogen-bond donors (Lipinski definition) is 0. The summed E-state index contributed by atoms with van der Waals surface area (Å²) in [6.07, 6.45) is 3.50. The summed E-state index contributed by atoms with van der Waals surface area (Å²) >= 11 is 1.35. The SMILES string of the molecule is COc1ccc(C=C2SC(=Nc3ccccc3)N(c3ccccc3)C2=O)cn1. The summed E-state index contributed by atoms with van der Waals surface area (Å²) in [6, 6.07) is 22.8. The number of amidine groups is 1. The molecule has 0 radical (unpaired) electrons. The number of nitrogens with zero attached hydrogens (tertiary/aromatic N) is 3. The van der Waals surface area contributed by atoms with E-state index in [-0.39, 0.29) is 5.91 Å². The lowest BCUT2D eigenvalue weighted by Crippen LogP contribution is -2.28. The van der Waals surface area contributed by atoms with Crippen LogP contribution in [0.4, 0.5) is 11.4 Å². The molecule has 1 amide bonds. The fourth-order valence-electron chi connectivity index (χ4n) is 2.72. The number of methoxy groups -OCH3 is 1. The van der Waals surface area contributed by atoms with Crippen molar-refractivity contribution in [3.05, 3.63) is 89.5 Å². The van der Waals surface area contributed by atoms with Gasteiger partial charge in [0.25, 0.3) is 5.91 Å². The zero-order valence-electron chi connectivity index (χ0n) is 15.1. The van der Waals surface area contributed by atoms with E-state index in [1.54, 1.807) is 24.3 Å². The van der Waals surface area contributed by atoms with Gasteiger partial charge < -0.3 is 4.74 Å². The highest BCUT2D eigenvalue weighted by Gasteiger charge is 2.34. The monoisotopic (exact) mass is 387 g/mol. The molecular weight excluding hydrogens is 370 g/mol. The molecule has 0 unspecified atom stereocenters. The predicted octanol–water partition coefficient (Wildman–Crippen LogP) is 4.90. The van der Waals surface area contributed by atoms with E-state index in [9.17, 15) is 4.79 Å². The number of amides is 1. The second kappa shape index (κ2) is 8.10. The van der Waals surface area contributed by atoms with Gasteiger partial charge >= 0.3 is 0 Å². The van der Waals surface area contributed by atoms with Crippen LogP contribution in [-0.4, -0.2) is 23.2 Å². The molecule has 6 heteroatoms. The molecule has 5 nitrogen and oxygen atoms in total. The highest BCUT2D eigenvalue weighted by atomic mass is 32.2. The normalized spacial score (nSPS) is 16.8. The first-order valence-corrected chi connectivity index (χ1v) is 9.49. The number of pyridine rings is 1. The molecule has 1 aliphatic rings. The molecule has 4 rings (SSSR count). The first-order valence-electron chi connectivity index (χ1n) is 8.67. The smallest absolute Gasteiger partial charge is 0.271 e. The number of hydrogen-bond acceptors (Lipinski definition) is 5. The summed E-state index contributed by atoms with van der Waals surface area (Å²) in [6.45, 7) is 0. The van der Waals surface area contributed by atoms with Crippen molar-refractivity contribution < 1.29 is 9.53 Å².